The van der Waals surface area contributed by atoms with Crippen LogP contribution in [0.15, 0.2) is 30.3 Å². The molecule has 0 spiro atoms. The lowest BCUT2D eigenvalue weighted by Gasteiger charge is -2.04. The van der Waals surface area contributed by atoms with E-state index >= 15 is 0 Å². The van der Waals surface area contributed by atoms with E-state index in [-0.39, 0.29) is 5.91 Å². The van der Waals surface area contributed by atoms with Crippen LogP contribution < -0.4 is 11.1 Å². The second-order valence-electron chi connectivity index (χ2n) is 3.05. The number of carbonyl (C=O) groups excluding carboxylic acids is 1. The summed E-state index contributed by atoms with van der Waals surface area (Å²) < 4.78 is 0. The number of benzene rings is 1. The molecule has 0 aliphatic carbocycles. The topological polar surface area (TPSA) is 55.1 Å². The van der Waals surface area contributed by atoms with Crippen molar-refractivity contribution in [1.29, 1.82) is 0 Å². The molecular formula is C11H16N2OS2. The first-order valence-corrected chi connectivity index (χ1v) is 7.61. The van der Waals surface area contributed by atoms with E-state index in [1.807, 2.05) is 30.3 Å². The van der Waals surface area contributed by atoms with Crippen molar-refractivity contribution in [3.05, 3.63) is 35.9 Å². The lowest BCUT2D eigenvalue weighted by atomic mass is 10.2. The van der Waals surface area contributed by atoms with E-state index in [4.69, 9.17) is 5.73 Å². The Bertz CT molecular complexity index is 306. The number of rotatable bonds is 7. The highest BCUT2D eigenvalue weighted by molar-refractivity contribution is 8.76. The molecule has 0 bridgehead atoms. The van der Waals surface area contributed by atoms with Crippen molar-refractivity contribution < 1.29 is 4.79 Å². The van der Waals surface area contributed by atoms with Crippen molar-refractivity contribution in [1.82, 2.24) is 5.32 Å². The average Bonchev–Trinajstić information content (AvgIpc) is 2.34. The smallest absolute Gasteiger partial charge is 0.251 e. The SMILES string of the molecule is NCCSSCCNC(=O)c1ccccc1. The third-order valence-electron chi connectivity index (χ3n) is 1.79. The van der Waals surface area contributed by atoms with Gasteiger partial charge < -0.3 is 11.1 Å². The van der Waals surface area contributed by atoms with Crippen LogP contribution in [0.25, 0.3) is 0 Å². The summed E-state index contributed by atoms with van der Waals surface area (Å²) in [5.74, 6) is 1.85. The Morgan fingerprint density at radius 1 is 1.19 bits per heavy atom. The molecule has 5 heteroatoms. The van der Waals surface area contributed by atoms with Crippen LogP contribution in [0.3, 0.4) is 0 Å². The first-order chi connectivity index (χ1) is 7.84. The van der Waals surface area contributed by atoms with E-state index in [0.717, 1.165) is 11.5 Å². The van der Waals surface area contributed by atoms with Crippen LogP contribution in [0.2, 0.25) is 0 Å². The molecule has 88 valence electrons. The molecule has 1 amide bonds. The van der Waals surface area contributed by atoms with Crippen LogP contribution in [-0.2, 0) is 0 Å². The van der Waals surface area contributed by atoms with Crippen LogP contribution in [-0.4, -0.2) is 30.5 Å². The van der Waals surface area contributed by atoms with Crippen molar-refractivity contribution in [3.63, 3.8) is 0 Å². The molecule has 0 radical (unpaired) electrons. The molecule has 1 rings (SSSR count). The van der Waals surface area contributed by atoms with Gasteiger partial charge in [-0.2, -0.15) is 0 Å². The third-order valence-corrected chi connectivity index (χ3v) is 4.23. The van der Waals surface area contributed by atoms with Gasteiger partial charge >= 0.3 is 0 Å². The Kier molecular flexibility index (Phi) is 7.12. The predicted molar refractivity (Wildman–Crippen MR) is 72.7 cm³/mol. The Balaban J connectivity index is 2.12. The average molecular weight is 256 g/mol. The molecule has 3 N–H and O–H groups in total. The van der Waals surface area contributed by atoms with E-state index in [0.29, 0.717) is 18.7 Å². The van der Waals surface area contributed by atoms with Crippen LogP contribution in [0.5, 0.6) is 0 Å². The highest BCUT2D eigenvalue weighted by Crippen LogP contribution is 2.18. The van der Waals surface area contributed by atoms with E-state index in [2.05, 4.69) is 5.32 Å². The quantitative estimate of drug-likeness (QED) is 0.576. The van der Waals surface area contributed by atoms with Crippen LogP contribution in [0, 0.1) is 0 Å². The second kappa shape index (κ2) is 8.50. The van der Waals surface area contributed by atoms with Crippen molar-refractivity contribution in [2.45, 2.75) is 0 Å². The van der Waals surface area contributed by atoms with Gasteiger partial charge in [0.15, 0.2) is 0 Å². The number of amides is 1. The fourth-order valence-electron chi connectivity index (χ4n) is 1.06. The van der Waals surface area contributed by atoms with Gasteiger partial charge in [0.25, 0.3) is 5.91 Å². The molecule has 0 saturated heterocycles. The Morgan fingerprint density at radius 3 is 2.56 bits per heavy atom. The number of carbonyl (C=O) groups is 1. The van der Waals surface area contributed by atoms with Gasteiger partial charge in [-0.25, -0.2) is 0 Å². The number of hydrogen-bond donors (Lipinski definition) is 2. The molecule has 1 aromatic carbocycles. The van der Waals surface area contributed by atoms with Gasteiger partial charge in [-0.1, -0.05) is 39.8 Å². The van der Waals surface area contributed by atoms with Crippen molar-refractivity contribution in [3.8, 4) is 0 Å². The molecule has 0 aromatic heterocycles. The minimum atomic E-state index is -0.00924. The van der Waals surface area contributed by atoms with Gasteiger partial charge in [-0.3, -0.25) is 4.79 Å². The lowest BCUT2D eigenvalue weighted by molar-refractivity contribution is 0.0956. The summed E-state index contributed by atoms with van der Waals surface area (Å²) in [6, 6.07) is 9.24. The number of nitrogens with two attached hydrogens (primary N) is 1. The van der Waals surface area contributed by atoms with Crippen molar-refractivity contribution >= 4 is 27.5 Å². The summed E-state index contributed by atoms with van der Waals surface area (Å²) in [4.78, 5) is 11.6. The Morgan fingerprint density at radius 2 is 1.88 bits per heavy atom. The van der Waals surface area contributed by atoms with Gasteiger partial charge in [0.05, 0.1) is 0 Å². The fraction of sp³-hybridized carbons (Fsp3) is 0.364. The normalized spacial score (nSPS) is 10.1. The van der Waals surface area contributed by atoms with Crippen molar-refractivity contribution in [2.75, 3.05) is 24.6 Å². The maximum absolute atomic E-state index is 11.6. The molecular weight excluding hydrogens is 240 g/mol. The first kappa shape index (κ1) is 13.4. The summed E-state index contributed by atoms with van der Waals surface area (Å²) in [5.41, 5.74) is 6.07. The molecule has 3 nitrogen and oxygen atoms in total. The second-order valence-corrected chi connectivity index (χ2v) is 5.76. The molecule has 0 aliphatic heterocycles. The van der Waals surface area contributed by atoms with Crippen LogP contribution in [0.1, 0.15) is 10.4 Å². The van der Waals surface area contributed by atoms with E-state index < -0.39 is 0 Å². The zero-order chi connectivity index (χ0) is 11.6. The van der Waals surface area contributed by atoms with Gasteiger partial charge in [0.1, 0.15) is 0 Å². The minimum absolute atomic E-state index is 0.00924. The fourth-order valence-corrected chi connectivity index (χ4v) is 2.83. The summed E-state index contributed by atoms with van der Waals surface area (Å²) in [6.07, 6.45) is 0. The summed E-state index contributed by atoms with van der Waals surface area (Å²) in [7, 11) is 3.48. The monoisotopic (exact) mass is 256 g/mol. The molecule has 0 heterocycles. The maximum atomic E-state index is 11.6. The predicted octanol–water partition coefficient (Wildman–Crippen LogP) is 1.76. The van der Waals surface area contributed by atoms with Crippen LogP contribution in [0.4, 0.5) is 0 Å². The third kappa shape index (κ3) is 5.44. The number of hydrogen-bond acceptors (Lipinski definition) is 4. The van der Waals surface area contributed by atoms with Gasteiger partial charge in [0, 0.05) is 30.2 Å². The Hall–Kier alpha value is -0.650. The number of nitrogens with one attached hydrogen (secondary N) is 1. The molecule has 16 heavy (non-hydrogen) atoms. The molecule has 0 fully saturated rings. The lowest BCUT2D eigenvalue weighted by Crippen LogP contribution is -2.25. The summed E-state index contributed by atoms with van der Waals surface area (Å²) in [5, 5.41) is 2.87. The first-order valence-electron chi connectivity index (χ1n) is 5.12. The molecule has 0 unspecified atom stereocenters. The van der Waals surface area contributed by atoms with Gasteiger partial charge in [0.2, 0.25) is 0 Å². The summed E-state index contributed by atoms with van der Waals surface area (Å²) >= 11 is 0. The minimum Gasteiger partial charge on any atom is -0.351 e. The molecule has 0 aliphatic rings. The zero-order valence-corrected chi connectivity index (χ0v) is 10.7. The van der Waals surface area contributed by atoms with Crippen molar-refractivity contribution in [2.24, 2.45) is 5.73 Å². The van der Waals surface area contributed by atoms with Gasteiger partial charge in [-0.15, -0.1) is 0 Å². The Labute approximate surface area is 104 Å². The highest BCUT2D eigenvalue weighted by atomic mass is 33.1. The van der Waals surface area contributed by atoms with Crippen LogP contribution >= 0.6 is 21.6 Å². The van der Waals surface area contributed by atoms with E-state index in [9.17, 15) is 4.79 Å². The molecule has 1 aromatic rings. The van der Waals surface area contributed by atoms with Gasteiger partial charge in [-0.05, 0) is 12.1 Å². The summed E-state index contributed by atoms with van der Waals surface area (Å²) in [6.45, 7) is 1.39. The van der Waals surface area contributed by atoms with E-state index in [1.54, 1.807) is 21.6 Å². The standard InChI is InChI=1S/C11H16N2OS2/c12-6-8-15-16-9-7-13-11(14)10-4-2-1-3-5-10/h1-5H,6-9,12H2,(H,13,14). The maximum Gasteiger partial charge on any atom is 0.251 e. The molecule has 0 saturated carbocycles. The largest absolute Gasteiger partial charge is 0.351 e. The molecule has 0 atom stereocenters. The van der Waals surface area contributed by atoms with E-state index in [1.165, 1.54) is 0 Å². The zero-order valence-electron chi connectivity index (χ0n) is 9.02. The highest BCUT2D eigenvalue weighted by Gasteiger charge is 2.02.